The van der Waals surface area contributed by atoms with Crippen LogP contribution in [-0.2, 0) is 11.2 Å². The molecule has 2 N–H and O–H groups in total. The minimum absolute atomic E-state index is 0.154. The van der Waals surface area contributed by atoms with E-state index < -0.39 is 24.9 Å². The highest BCUT2D eigenvalue weighted by Crippen LogP contribution is 2.22. The van der Waals surface area contributed by atoms with E-state index in [2.05, 4.69) is 28.9 Å². The Morgan fingerprint density at radius 2 is 1.77 bits per heavy atom. The molecular weight excluding hydrogens is 397 g/mol. The summed E-state index contributed by atoms with van der Waals surface area (Å²) in [6.45, 7) is 5.76. The predicted molar refractivity (Wildman–Crippen MR) is 107 cm³/mol. The highest BCUT2D eigenvalue weighted by Gasteiger charge is 2.22. The van der Waals surface area contributed by atoms with Gasteiger partial charge in [0.15, 0.2) is 0 Å². The van der Waals surface area contributed by atoms with Crippen molar-refractivity contribution in [1.82, 2.24) is 10.3 Å². The van der Waals surface area contributed by atoms with Gasteiger partial charge in [0.1, 0.15) is 5.75 Å². The quantitative estimate of drug-likeness (QED) is 0.596. The number of amides is 1. The molecule has 1 heterocycles. The molecular formula is C22H27F3N2O3. The Bertz CT molecular complexity index is 796. The number of carbonyl (C=O) groups excluding carboxylic acids is 1. The van der Waals surface area contributed by atoms with E-state index in [4.69, 9.17) is 0 Å². The van der Waals surface area contributed by atoms with Gasteiger partial charge >= 0.3 is 6.43 Å². The zero-order valence-electron chi connectivity index (χ0n) is 17.2. The standard InChI is InChI=1S/C22H27F3N2O3/c1-13(2)16-6-4-15(5-7-16)11-20(29)27-19(10-14(3)28)18-9-8-17(12-26-18)30-22(25)21(23)24/h4-9,12-14,19,21-22,28H,10-11H2,1-3H3,(H,27,29). The van der Waals surface area contributed by atoms with Crippen LogP contribution in [0.15, 0.2) is 42.6 Å². The van der Waals surface area contributed by atoms with Crippen LogP contribution in [0.3, 0.4) is 0 Å². The number of hydrogen-bond acceptors (Lipinski definition) is 4. The van der Waals surface area contributed by atoms with Gasteiger partial charge in [-0.3, -0.25) is 9.78 Å². The minimum Gasteiger partial charge on any atom is -0.453 e. The molecule has 2 aromatic rings. The molecule has 0 aliphatic heterocycles. The Morgan fingerprint density at radius 1 is 1.10 bits per heavy atom. The summed E-state index contributed by atoms with van der Waals surface area (Å²) >= 11 is 0. The average molecular weight is 424 g/mol. The molecule has 1 aromatic heterocycles. The average Bonchev–Trinajstić information content (AvgIpc) is 2.68. The van der Waals surface area contributed by atoms with Crippen LogP contribution in [0.1, 0.15) is 56.0 Å². The maximum atomic E-state index is 13.0. The largest absolute Gasteiger partial charge is 0.453 e. The van der Waals surface area contributed by atoms with E-state index in [9.17, 15) is 23.1 Å². The number of nitrogens with zero attached hydrogens (tertiary/aromatic N) is 1. The molecule has 0 spiro atoms. The van der Waals surface area contributed by atoms with Crippen molar-refractivity contribution in [2.24, 2.45) is 0 Å². The molecule has 1 aromatic carbocycles. The van der Waals surface area contributed by atoms with Crippen LogP contribution >= 0.6 is 0 Å². The number of rotatable bonds is 10. The summed E-state index contributed by atoms with van der Waals surface area (Å²) in [5.74, 6) is -0.00444. The monoisotopic (exact) mass is 424 g/mol. The first-order valence-electron chi connectivity index (χ1n) is 9.76. The van der Waals surface area contributed by atoms with Crippen LogP contribution in [0.2, 0.25) is 0 Å². The second-order valence-electron chi connectivity index (χ2n) is 7.50. The third kappa shape index (κ3) is 7.33. The molecule has 8 heteroatoms. The normalized spacial score (nSPS) is 14.4. The maximum Gasteiger partial charge on any atom is 0.304 e. The SMILES string of the molecule is CC(O)CC(NC(=O)Cc1ccc(C(C)C)cc1)c1ccc(OC(F)C(F)F)cn1. The van der Waals surface area contributed by atoms with Gasteiger partial charge in [-0.1, -0.05) is 38.1 Å². The number of aliphatic hydroxyl groups is 1. The van der Waals surface area contributed by atoms with Crippen molar-refractivity contribution in [1.29, 1.82) is 0 Å². The smallest absolute Gasteiger partial charge is 0.304 e. The van der Waals surface area contributed by atoms with Gasteiger partial charge in [-0.25, -0.2) is 8.78 Å². The molecule has 0 aliphatic rings. The third-order valence-corrected chi connectivity index (χ3v) is 4.49. The van der Waals surface area contributed by atoms with Gasteiger partial charge in [-0.2, -0.15) is 4.39 Å². The molecule has 1 amide bonds. The second kappa shape index (κ2) is 11.0. The Labute approximate surface area is 174 Å². The Hall–Kier alpha value is -2.61. The van der Waals surface area contributed by atoms with Crippen LogP contribution in [0.5, 0.6) is 5.75 Å². The van der Waals surface area contributed by atoms with Gasteiger partial charge in [0, 0.05) is 0 Å². The number of carbonyl (C=O) groups is 1. The van der Waals surface area contributed by atoms with Gasteiger partial charge in [0.25, 0.3) is 6.36 Å². The highest BCUT2D eigenvalue weighted by atomic mass is 19.3. The molecule has 3 unspecified atom stereocenters. The first kappa shape index (κ1) is 23.7. The molecule has 164 valence electrons. The van der Waals surface area contributed by atoms with Crippen LogP contribution in [0.4, 0.5) is 13.2 Å². The van der Waals surface area contributed by atoms with E-state index in [0.717, 1.165) is 11.8 Å². The number of ether oxygens (including phenoxy) is 1. The highest BCUT2D eigenvalue weighted by molar-refractivity contribution is 5.79. The van der Waals surface area contributed by atoms with E-state index in [-0.39, 0.29) is 24.5 Å². The lowest BCUT2D eigenvalue weighted by Crippen LogP contribution is -2.32. The number of alkyl halides is 3. The third-order valence-electron chi connectivity index (χ3n) is 4.49. The molecule has 0 aliphatic carbocycles. The fraction of sp³-hybridized carbons (Fsp3) is 0.455. The van der Waals surface area contributed by atoms with Gasteiger partial charge in [0.05, 0.1) is 30.5 Å². The van der Waals surface area contributed by atoms with Crippen LogP contribution < -0.4 is 10.1 Å². The van der Waals surface area contributed by atoms with Crippen LogP contribution in [0.25, 0.3) is 0 Å². The first-order valence-corrected chi connectivity index (χ1v) is 9.76. The van der Waals surface area contributed by atoms with E-state index in [1.807, 2.05) is 24.3 Å². The zero-order valence-corrected chi connectivity index (χ0v) is 17.2. The molecule has 5 nitrogen and oxygen atoms in total. The van der Waals surface area contributed by atoms with Crippen molar-refractivity contribution in [3.05, 3.63) is 59.4 Å². The lowest BCUT2D eigenvalue weighted by atomic mass is 10.0. The number of pyridine rings is 1. The molecule has 0 saturated heterocycles. The number of nitrogens with one attached hydrogen (secondary N) is 1. The summed E-state index contributed by atoms with van der Waals surface area (Å²) in [7, 11) is 0. The number of hydrogen-bond donors (Lipinski definition) is 2. The molecule has 0 fully saturated rings. The maximum absolute atomic E-state index is 13.0. The van der Waals surface area contributed by atoms with Crippen molar-refractivity contribution >= 4 is 5.91 Å². The minimum atomic E-state index is -3.26. The molecule has 0 radical (unpaired) electrons. The Morgan fingerprint density at radius 3 is 2.27 bits per heavy atom. The molecule has 0 bridgehead atoms. The van der Waals surface area contributed by atoms with Crippen molar-refractivity contribution in [3.8, 4) is 5.75 Å². The summed E-state index contributed by atoms with van der Waals surface area (Å²) in [6, 6.07) is 9.91. The molecule has 2 rings (SSSR count). The summed E-state index contributed by atoms with van der Waals surface area (Å²) in [5.41, 5.74) is 2.43. The first-order chi connectivity index (χ1) is 14.2. The fourth-order valence-corrected chi connectivity index (χ4v) is 2.89. The van der Waals surface area contributed by atoms with Crippen molar-refractivity contribution in [2.45, 2.75) is 64.5 Å². The summed E-state index contributed by atoms with van der Waals surface area (Å²) < 4.78 is 42.0. The van der Waals surface area contributed by atoms with E-state index >= 15 is 0 Å². The summed E-state index contributed by atoms with van der Waals surface area (Å²) in [5, 5.41) is 12.6. The zero-order chi connectivity index (χ0) is 22.3. The summed E-state index contributed by atoms with van der Waals surface area (Å²) in [6.07, 6.45) is -5.25. The van der Waals surface area contributed by atoms with Crippen molar-refractivity contribution in [3.63, 3.8) is 0 Å². The molecule has 3 atom stereocenters. The Balaban J connectivity index is 2.05. The fourth-order valence-electron chi connectivity index (χ4n) is 2.89. The van der Waals surface area contributed by atoms with E-state index in [1.54, 1.807) is 6.92 Å². The second-order valence-corrected chi connectivity index (χ2v) is 7.50. The van der Waals surface area contributed by atoms with Crippen LogP contribution in [-0.4, -0.2) is 34.9 Å². The topological polar surface area (TPSA) is 71.5 Å². The Kier molecular flexibility index (Phi) is 8.65. The van der Waals surface area contributed by atoms with Gasteiger partial charge < -0.3 is 15.2 Å². The number of benzene rings is 1. The lowest BCUT2D eigenvalue weighted by Gasteiger charge is -2.20. The number of aliphatic hydroxyl groups excluding tert-OH is 1. The van der Waals surface area contributed by atoms with Crippen molar-refractivity contribution < 1.29 is 27.8 Å². The summed E-state index contributed by atoms with van der Waals surface area (Å²) in [4.78, 5) is 16.6. The van der Waals surface area contributed by atoms with Crippen molar-refractivity contribution in [2.75, 3.05) is 0 Å². The molecule has 0 saturated carbocycles. The number of aromatic nitrogens is 1. The van der Waals surface area contributed by atoms with Gasteiger partial charge in [-0.05, 0) is 42.5 Å². The van der Waals surface area contributed by atoms with E-state index in [1.165, 1.54) is 17.7 Å². The van der Waals surface area contributed by atoms with Gasteiger partial charge in [0.2, 0.25) is 5.91 Å². The lowest BCUT2D eigenvalue weighted by molar-refractivity contribution is -0.121. The van der Waals surface area contributed by atoms with Crippen LogP contribution in [0, 0.1) is 0 Å². The predicted octanol–water partition coefficient (Wildman–Crippen LogP) is 4.32. The van der Waals surface area contributed by atoms with E-state index in [0.29, 0.717) is 11.6 Å². The molecule has 30 heavy (non-hydrogen) atoms. The number of halogens is 3. The van der Waals surface area contributed by atoms with Gasteiger partial charge in [-0.15, -0.1) is 0 Å².